The maximum Gasteiger partial charge on any atom is 0.184 e. The minimum absolute atomic E-state index is 0.160. The summed E-state index contributed by atoms with van der Waals surface area (Å²) in [5.41, 5.74) is 1.24. The molecule has 0 spiro atoms. The molecule has 0 aromatic heterocycles. The first kappa shape index (κ1) is 19.0. The third-order valence-corrected chi connectivity index (χ3v) is 8.51. The fourth-order valence-corrected chi connectivity index (χ4v) is 8.03. The number of sulfone groups is 2. The monoisotopic (exact) mass is 373 g/mol. The van der Waals surface area contributed by atoms with Gasteiger partial charge < -0.3 is 10.1 Å². The molecule has 0 bridgehead atoms. The molecule has 6 nitrogen and oxygen atoms in total. The van der Waals surface area contributed by atoms with Crippen LogP contribution in [0.4, 0.5) is 0 Å². The zero-order valence-corrected chi connectivity index (χ0v) is 15.7. The van der Waals surface area contributed by atoms with E-state index < -0.39 is 31.0 Å². The number of rotatable bonds is 6. The summed E-state index contributed by atoms with van der Waals surface area (Å²) >= 11 is 0. The molecule has 2 atom stereocenters. The van der Waals surface area contributed by atoms with Gasteiger partial charge in [0, 0.05) is 12.6 Å². The van der Waals surface area contributed by atoms with Crippen molar-refractivity contribution in [3.05, 3.63) is 35.9 Å². The summed E-state index contributed by atoms with van der Waals surface area (Å²) in [6.45, 7) is 7.37. The van der Waals surface area contributed by atoms with E-state index in [9.17, 15) is 16.8 Å². The smallest absolute Gasteiger partial charge is 0.184 e. The first-order valence-corrected chi connectivity index (χ1v) is 10.9. The van der Waals surface area contributed by atoms with Crippen LogP contribution < -0.4 is 10.1 Å². The molecule has 1 aromatic carbocycles. The lowest BCUT2D eigenvalue weighted by Crippen LogP contribution is -2.43. The maximum atomic E-state index is 13.1. The molecule has 0 saturated carbocycles. The van der Waals surface area contributed by atoms with Crippen molar-refractivity contribution < 1.29 is 21.6 Å². The van der Waals surface area contributed by atoms with E-state index >= 15 is 0 Å². The number of aryl methyl sites for hydroxylation is 2. The first-order valence-electron chi connectivity index (χ1n) is 7.56. The van der Waals surface area contributed by atoms with Gasteiger partial charge in [-0.1, -0.05) is 6.08 Å². The normalized spacial score (nSPS) is 23.1. The van der Waals surface area contributed by atoms with E-state index in [1.807, 2.05) is 0 Å². The Hall–Kier alpha value is -1.38. The van der Waals surface area contributed by atoms with Crippen molar-refractivity contribution in [2.24, 2.45) is 0 Å². The number of methoxy groups -OCH3 is 1. The van der Waals surface area contributed by atoms with Crippen LogP contribution in [0.5, 0.6) is 5.75 Å². The van der Waals surface area contributed by atoms with Crippen molar-refractivity contribution in [1.82, 2.24) is 5.32 Å². The van der Waals surface area contributed by atoms with Crippen molar-refractivity contribution in [1.29, 1.82) is 0 Å². The van der Waals surface area contributed by atoms with Crippen molar-refractivity contribution in [2.75, 3.05) is 25.2 Å². The molecule has 1 fully saturated rings. The van der Waals surface area contributed by atoms with Crippen LogP contribution in [-0.2, 0) is 19.7 Å². The molecule has 1 aliphatic heterocycles. The van der Waals surface area contributed by atoms with E-state index in [0.717, 1.165) is 0 Å². The van der Waals surface area contributed by atoms with Crippen LogP contribution in [0.2, 0.25) is 0 Å². The Morgan fingerprint density at radius 3 is 2.54 bits per heavy atom. The van der Waals surface area contributed by atoms with Gasteiger partial charge in [0.2, 0.25) is 0 Å². The predicted molar refractivity (Wildman–Crippen MR) is 94.1 cm³/mol. The van der Waals surface area contributed by atoms with Gasteiger partial charge in [0.15, 0.2) is 19.7 Å². The molecular weight excluding hydrogens is 350 g/mol. The fourth-order valence-electron chi connectivity index (χ4n) is 3.00. The van der Waals surface area contributed by atoms with E-state index in [4.69, 9.17) is 4.74 Å². The van der Waals surface area contributed by atoms with Gasteiger partial charge in [-0.25, -0.2) is 16.8 Å². The summed E-state index contributed by atoms with van der Waals surface area (Å²) in [4.78, 5) is 0.160. The Balaban J connectivity index is 2.49. The summed E-state index contributed by atoms with van der Waals surface area (Å²) in [6, 6.07) is 2.58. The highest BCUT2D eigenvalue weighted by atomic mass is 32.2. The highest BCUT2D eigenvalue weighted by Gasteiger charge is 2.46. The van der Waals surface area contributed by atoms with Crippen LogP contribution in [0, 0.1) is 13.8 Å². The first-order chi connectivity index (χ1) is 11.1. The van der Waals surface area contributed by atoms with E-state index in [1.165, 1.54) is 7.11 Å². The minimum atomic E-state index is -3.80. The van der Waals surface area contributed by atoms with Crippen molar-refractivity contribution in [3.8, 4) is 5.75 Å². The van der Waals surface area contributed by atoms with Gasteiger partial charge in [0.05, 0.1) is 28.8 Å². The minimum Gasteiger partial charge on any atom is -0.496 e. The van der Waals surface area contributed by atoms with E-state index in [0.29, 0.717) is 23.4 Å². The Morgan fingerprint density at radius 1 is 1.29 bits per heavy atom. The van der Waals surface area contributed by atoms with Crippen LogP contribution in [0.1, 0.15) is 11.1 Å². The lowest BCUT2D eigenvalue weighted by Gasteiger charge is -2.21. The molecule has 0 unspecified atom stereocenters. The molecule has 24 heavy (non-hydrogen) atoms. The molecule has 134 valence electrons. The topological polar surface area (TPSA) is 89.5 Å². The van der Waals surface area contributed by atoms with Gasteiger partial charge >= 0.3 is 0 Å². The summed E-state index contributed by atoms with van der Waals surface area (Å²) in [5.74, 6) is 0.0555. The molecular formula is C16H23NO5S2. The quantitative estimate of drug-likeness (QED) is 0.749. The largest absolute Gasteiger partial charge is 0.496 e. The number of benzene rings is 1. The van der Waals surface area contributed by atoms with Gasteiger partial charge in [-0.2, -0.15) is 0 Å². The molecule has 0 amide bonds. The zero-order valence-electron chi connectivity index (χ0n) is 14.1. The van der Waals surface area contributed by atoms with Crippen molar-refractivity contribution in [3.63, 3.8) is 0 Å². The van der Waals surface area contributed by atoms with Gasteiger partial charge in [-0.15, -0.1) is 6.58 Å². The predicted octanol–water partition coefficient (Wildman–Crippen LogP) is 1.03. The third kappa shape index (κ3) is 3.65. The lowest BCUT2D eigenvalue weighted by atomic mass is 10.1. The molecule has 1 aliphatic rings. The average molecular weight is 373 g/mol. The van der Waals surface area contributed by atoms with E-state index in [2.05, 4.69) is 11.9 Å². The molecule has 1 heterocycles. The molecule has 0 radical (unpaired) electrons. The van der Waals surface area contributed by atoms with Crippen molar-refractivity contribution >= 4 is 19.7 Å². The molecule has 8 heteroatoms. The Bertz CT molecular complexity index is 843. The summed E-state index contributed by atoms with van der Waals surface area (Å²) < 4.78 is 55.4. The van der Waals surface area contributed by atoms with Crippen LogP contribution in [0.25, 0.3) is 0 Å². The van der Waals surface area contributed by atoms with Gasteiger partial charge in [0.25, 0.3) is 0 Å². The zero-order chi connectivity index (χ0) is 18.1. The second kappa shape index (κ2) is 6.85. The summed E-state index contributed by atoms with van der Waals surface area (Å²) in [7, 11) is -5.68. The molecule has 1 saturated heterocycles. The van der Waals surface area contributed by atoms with Crippen LogP contribution in [0.15, 0.2) is 29.7 Å². The number of hydrogen-bond donors (Lipinski definition) is 1. The fraction of sp³-hybridized carbons (Fsp3) is 0.500. The SMILES string of the molecule is C=CCN[C@H]1CS(=O)(=O)C[C@@H]1S(=O)(=O)c1cc(C)c(OC)cc1C. The Morgan fingerprint density at radius 2 is 1.96 bits per heavy atom. The van der Waals surface area contributed by atoms with Crippen LogP contribution in [-0.4, -0.2) is 53.3 Å². The molecule has 1 N–H and O–H groups in total. The van der Waals surface area contributed by atoms with Crippen molar-refractivity contribution in [2.45, 2.75) is 30.0 Å². The molecule has 1 aromatic rings. The Labute approximate surface area is 143 Å². The second-order valence-electron chi connectivity index (χ2n) is 6.05. The lowest BCUT2D eigenvalue weighted by molar-refractivity contribution is 0.411. The molecule has 0 aliphatic carbocycles. The average Bonchev–Trinajstić information content (AvgIpc) is 2.82. The highest BCUT2D eigenvalue weighted by Crippen LogP contribution is 2.31. The van der Waals surface area contributed by atoms with Crippen LogP contribution in [0.3, 0.4) is 0 Å². The number of hydrogen-bond acceptors (Lipinski definition) is 6. The Kier molecular flexibility index (Phi) is 5.41. The highest BCUT2D eigenvalue weighted by molar-refractivity contribution is 7.96. The standard InChI is InChI=1S/C16H23NO5S2/c1-5-6-17-13-9-23(18,19)10-16(13)24(20,21)15-8-11(2)14(22-4)7-12(15)3/h5,7-8,13,16-17H,1,6,9-10H2,2-4H3/t13-,16-/m0/s1. The summed E-state index contributed by atoms with van der Waals surface area (Å²) in [6.07, 6.45) is 1.58. The molecule has 2 rings (SSSR count). The third-order valence-electron chi connectivity index (χ3n) is 4.22. The number of ether oxygens (including phenoxy) is 1. The van der Waals surface area contributed by atoms with Gasteiger partial charge in [0.1, 0.15) is 5.75 Å². The second-order valence-corrected chi connectivity index (χ2v) is 10.3. The maximum absolute atomic E-state index is 13.1. The van der Waals surface area contributed by atoms with E-state index in [-0.39, 0.29) is 16.4 Å². The van der Waals surface area contributed by atoms with Gasteiger partial charge in [-0.05, 0) is 37.1 Å². The summed E-state index contributed by atoms with van der Waals surface area (Å²) in [5, 5.41) is 1.96. The van der Waals surface area contributed by atoms with E-state index in [1.54, 1.807) is 32.1 Å². The van der Waals surface area contributed by atoms with Gasteiger partial charge in [-0.3, -0.25) is 0 Å². The van der Waals surface area contributed by atoms with Crippen LogP contribution >= 0.6 is 0 Å². The number of nitrogens with one attached hydrogen (secondary N) is 1.